The summed E-state index contributed by atoms with van der Waals surface area (Å²) in [6.45, 7) is 6.11. The zero-order chi connectivity index (χ0) is 15.3. The quantitative estimate of drug-likeness (QED) is 0.803. The van der Waals surface area contributed by atoms with E-state index in [-0.39, 0.29) is 12.1 Å². The van der Waals surface area contributed by atoms with Crippen molar-refractivity contribution in [3.63, 3.8) is 0 Å². The Kier molecular flexibility index (Phi) is 5.75. The van der Waals surface area contributed by atoms with E-state index in [4.69, 9.17) is 4.74 Å². The van der Waals surface area contributed by atoms with E-state index < -0.39 is 10.0 Å². The van der Waals surface area contributed by atoms with Crippen molar-refractivity contribution in [3.8, 4) is 0 Å². The monoisotopic (exact) mass is 312 g/mol. The first-order chi connectivity index (χ1) is 10.0. The van der Waals surface area contributed by atoms with Crippen LogP contribution < -0.4 is 10.0 Å². The highest BCUT2D eigenvalue weighted by Crippen LogP contribution is 2.18. The highest BCUT2D eigenvalue weighted by Gasteiger charge is 2.26. The molecule has 6 heteroatoms. The van der Waals surface area contributed by atoms with Crippen molar-refractivity contribution in [2.45, 2.75) is 50.3 Å². The standard InChI is InChI=1S/C15H24N2O3S/c1-3-16-11-13-6-4-7-14(10-13)21(18,19)17-12(2)15-8-5-9-20-15/h4,6-7,10,12,15-17H,3,5,8-9,11H2,1-2H3. The highest BCUT2D eigenvalue weighted by molar-refractivity contribution is 7.89. The van der Waals surface area contributed by atoms with Crippen molar-refractivity contribution in [2.24, 2.45) is 0 Å². The van der Waals surface area contributed by atoms with Gasteiger partial charge < -0.3 is 10.1 Å². The highest BCUT2D eigenvalue weighted by atomic mass is 32.2. The number of nitrogens with one attached hydrogen (secondary N) is 2. The fraction of sp³-hybridized carbons (Fsp3) is 0.600. The third-order valence-corrected chi connectivity index (χ3v) is 5.21. The summed E-state index contributed by atoms with van der Waals surface area (Å²) in [5, 5.41) is 3.19. The molecule has 1 saturated heterocycles. The van der Waals surface area contributed by atoms with Crippen LogP contribution in [-0.4, -0.2) is 33.7 Å². The molecule has 0 saturated carbocycles. The zero-order valence-electron chi connectivity index (χ0n) is 12.6. The van der Waals surface area contributed by atoms with Gasteiger partial charge in [0.15, 0.2) is 0 Å². The normalized spacial score (nSPS) is 20.6. The van der Waals surface area contributed by atoms with Crippen molar-refractivity contribution in [3.05, 3.63) is 29.8 Å². The molecule has 5 nitrogen and oxygen atoms in total. The molecule has 2 unspecified atom stereocenters. The maximum atomic E-state index is 12.4. The van der Waals surface area contributed by atoms with Gasteiger partial charge in [0, 0.05) is 19.2 Å². The number of rotatable bonds is 7. The van der Waals surface area contributed by atoms with E-state index in [0.29, 0.717) is 11.4 Å². The maximum Gasteiger partial charge on any atom is 0.240 e. The molecule has 1 aliphatic rings. The molecular formula is C15H24N2O3S. The second-order valence-electron chi connectivity index (χ2n) is 5.39. The van der Waals surface area contributed by atoms with Gasteiger partial charge in [0.2, 0.25) is 10.0 Å². The summed E-state index contributed by atoms with van der Waals surface area (Å²) >= 11 is 0. The minimum absolute atomic E-state index is 0.0234. The summed E-state index contributed by atoms with van der Waals surface area (Å²) in [7, 11) is -3.50. The lowest BCUT2D eigenvalue weighted by Gasteiger charge is -2.20. The third kappa shape index (κ3) is 4.51. The van der Waals surface area contributed by atoms with E-state index in [1.165, 1.54) is 0 Å². The molecule has 0 bridgehead atoms. The van der Waals surface area contributed by atoms with Gasteiger partial charge in [-0.05, 0) is 44.0 Å². The molecule has 1 heterocycles. The molecule has 1 fully saturated rings. The smallest absolute Gasteiger partial charge is 0.240 e. The van der Waals surface area contributed by atoms with Crippen molar-refractivity contribution >= 4 is 10.0 Å². The Labute approximate surface area is 127 Å². The Bertz CT molecular complexity index is 554. The second-order valence-corrected chi connectivity index (χ2v) is 7.10. The summed E-state index contributed by atoms with van der Waals surface area (Å²) < 4.78 is 33.1. The average molecular weight is 312 g/mol. The molecule has 2 atom stereocenters. The first-order valence-corrected chi connectivity index (χ1v) is 8.95. The fourth-order valence-electron chi connectivity index (χ4n) is 2.48. The average Bonchev–Trinajstić information content (AvgIpc) is 2.99. The van der Waals surface area contributed by atoms with Crippen LogP contribution in [0.5, 0.6) is 0 Å². The van der Waals surface area contributed by atoms with E-state index in [1.807, 2.05) is 19.9 Å². The van der Waals surface area contributed by atoms with Crippen molar-refractivity contribution < 1.29 is 13.2 Å². The number of hydrogen-bond acceptors (Lipinski definition) is 4. The van der Waals surface area contributed by atoms with Crippen LogP contribution in [0.4, 0.5) is 0 Å². The molecule has 21 heavy (non-hydrogen) atoms. The van der Waals surface area contributed by atoms with Crippen molar-refractivity contribution in [1.82, 2.24) is 10.0 Å². The summed E-state index contributed by atoms with van der Waals surface area (Å²) in [6.07, 6.45) is 1.88. The summed E-state index contributed by atoms with van der Waals surface area (Å²) in [4.78, 5) is 0.308. The molecule has 0 aliphatic carbocycles. The SMILES string of the molecule is CCNCc1cccc(S(=O)(=O)NC(C)C2CCCO2)c1. The van der Waals surface area contributed by atoms with E-state index in [0.717, 1.165) is 31.6 Å². The van der Waals surface area contributed by atoms with Gasteiger partial charge in [-0.25, -0.2) is 13.1 Å². The van der Waals surface area contributed by atoms with Gasteiger partial charge in [-0.1, -0.05) is 19.1 Å². The van der Waals surface area contributed by atoms with Crippen LogP contribution in [0.15, 0.2) is 29.2 Å². The minimum atomic E-state index is -3.50. The van der Waals surface area contributed by atoms with Gasteiger partial charge in [0.05, 0.1) is 11.0 Å². The second kappa shape index (κ2) is 7.35. The molecule has 0 spiro atoms. The Hall–Kier alpha value is -0.950. The van der Waals surface area contributed by atoms with Crippen molar-refractivity contribution in [1.29, 1.82) is 0 Å². The third-order valence-electron chi connectivity index (χ3n) is 3.65. The predicted octanol–water partition coefficient (Wildman–Crippen LogP) is 1.64. The number of ether oxygens (including phenoxy) is 1. The molecule has 0 amide bonds. The molecule has 0 radical (unpaired) electrons. The van der Waals surface area contributed by atoms with Crippen LogP contribution in [0.3, 0.4) is 0 Å². The molecule has 1 aromatic carbocycles. The molecule has 2 rings (SSSR count). The van der Waals surface area contributed by atoms with Crippen LogP contribution in [0, 0.1) is 0 Å². The van der Waals surface area contributed by atoms with Gasteiger partial charge in [-0.15, -0.1) is 0 Å². The first kappa shape index (κ1) is 16.4. The predicted molar refractivity (Wildman–Crippen MR) is 82.6 cm³/mol. The topological polar surface area (TPSA) is 67.4 Å². The largest absolute Gasteiger partial charge is 0.377 e. The van der Waals surface area contributed by atoms with Crippen LogP contribution >= 0.6 is 0 Å². The van der Waals surface area contributed by atoms with E-state index in [9.17, 15) is 8.42 Å². The Balaban J connectivity index is 2.07. The molecular weight excluding hydrogens is 288 g/mol. The lowest BCUT2D eigenvalue weighted by atomic mass is 10.1. The van der Waals surface area contributed by atoms with Crippen LogP contribution in [0.2, 0.25) is 0 Å². The molecule has 1 aromatic rings. The van der Waals surface area contributed by atoms with Gasteiger partial charge in [0.25, 0.3) is 0 Å². The fourth-order valence-corrected chi connectivity index (χ4v) is 3.82. The Morgan fingerprint density at radius 1 is 1.43 bits per heavy atom. The molecule has 118 valence electrons. The van der Waals surface area contributed by atoms with E-state index >= 15 is 0 Å². The number of hydrogen-bond donors (Lipinski definition) is 2. The lowest BCUT2D eigenvalue weighted by molar-refractivity contribution is 0.0902. The molecule has 2 N–H and O–H groups in total. The van der Waals surface area contributed by atoms with Gasteiger partial charge in [-0.3, -0.25) is 0 Å². The number of benzene rings is 1. The van der Waals surface area contributed by atoms with Crippen molar-refractivity contribution in [2.75, 3.05) is 13.2 Å². The molecule has 1 aliphatic heterocycles. The van der Waals surface area contributed by atoms with Gasteiger partial charge in [-0.2, -0.15) is 0 Å². The van der Waals surface area contributed by atoms with E-state index in [2.05, 4.69) is 10.0 Å². The van der Waals surface area contributed by atoms with Gasteiger partial charge >= 0.3 is 0 Å². The number of sulfonamides is 1. The summed E-state index contributed by atoms with van der Waals surface area (Å²) in [5.41, 5.74) is 0.962. The minimum Gasteiger partial charge on any atom is -0.377 e. The lowest BCUT2D eigenvalue weighted by Crippen LogP contribution is -2.40. The van der Waals surface area contributed by atoms with E-state index in [1.54, 1.807) is 18.2 Å². The Morgan fingerprint density at radius 3 is 2.90 bits per heavy atom. The Morgan fingerprint density at radius 2 is 2.24 bits per heavy atom. The molecule has 0 aromatic heterocycles. The summed E-state index contributed by atoms with van der Waals surface area (Å²) in [5.74, 6) is 0. The van der Waals surface area contributed by atoms with Crippen LogP contribution in [-0.2, 0) is 21.3 Å². The first-order valence-electron chi connectivity index (χ1n) is 7.46. The van der Waals surface area contributed by atoms with Crippen LogP contribution in [0.1, 0.15) is 32.3 Å². The van der Waals surface area contributed by atoms with Crippen LogP contribution in [0.25, 0.3) is 0 Å². The maximum absolute atomic E-state index is 12.4. The summed E-state index contributed by atoms with van der Waals surface area (Å²) in [6, 6.07) is 6.83. The zero-order valence-corrected chi connectivity index (χ0v) is 13.4. The van der Waals surface area contributed by atoms with Gasteiger partial charge in [0.1, 0.15) is 0 Å².